The van der Waals surface area contributed by atoms with E-state index in [4.69, 9.17) is 5.73 Å². The minimum absolute atomic E-state index is 0.257. The molecular formula is C15H28N4O2. The topological polar surface area (TPSA) is 82.0 Å². The van der Waals surface area contributed by atoms with E-state index >= 15 is 0 Å². The number of nitrogens with zero attached hydrogens (tertiary/aromatic N) is 2. The first-order valence-corrected chi connectivity index (χ1v) is 7.87. The highest BCUT2D eigenvalue weighted by atomic mass is 16.2. The van der Waals surface area contributed by atoms with E-state index in [9.17, 15) is 9.59 Å². The van der Waals surface area contributed by atoms with Gasteiger partial charge in [0, 0.05) is 20.1 Å². The Balaban J connectivity index is 2.94. The van der Waals surface area contributed by atoms with E-state index in [1.807, 2.05) is 0 Å². The lowest BCUT2D eigenvalue weighted by molar-refractivity contribution is 0.575. The maximum atomic E-state index is 12.2. The van der Waals surface area contributed by atoms with E-state index < -0.39 is 0 Å². The maximum absolute atomic E-state index is 12.2. The second-order valence-corrected chi connectivity index (χ2v) is 5.40. The van der Waals surface area contributed by atoms with Gasteiger partial charge in [-0.2, -0.15) is 0 Å². The molecule has 0 bridgehead atoms. The molecule has 0 aliphatic carbocycles. The summed E-state index contributed by atoms with van der Waals surface area (Å²) in [5, 5.41) is 3.11. The summed E-state index contributed by atoms with van der Waals surface area (Å²) in [6.07, 6.45) is 6.30. The number of hydrogen-bond acceptors (Lipinski definition) is 4. The zero-order chi connectivity index (χ0) is 15.8. The highest BCUT2D eigenvalue weighted by molar-refractivity contribution is 5.60. The van der Waals surface area contributed by atoms with Crippen LogP contribution in [-0.2, 0) is 13.6 Å². The van der Waals surface area contributed by atoms with Crippen LogP contribution in [0.4, 0.5) is 11.5 Å². The third-order valence-corrected chi connectivity index (χ3v) is 3.65. The van der Waals surface area contributed by atoms with Crippen molar-refractivity contribution in [3.63, 3.8) is 0 Å². The van der Waals surface area contributed by atoms with E-state index in [0.717, 1.165) is 30.3 Å². The molecule has 0 aliphatic rings. The minimum atomic E-state index is -0.347. The van der Waals surface area contributed by atoms with Crippen LogP contribution >= 0.6 is 0 Å². The molecule has 0 atom stereocenters. The molecule has 0 unspecified atom stereocenters. The fraction of sp³-hybridized carbons (Fsp3) is 0.733. The van der Waals surface area contributed by atoms with Crippen molar-refractivity contribution in [2.45, 2.75) is 58.9 Å². The molecule has 1 heterocycles. The molecule has 3 N–H and O–H groups in total. The van der Waals surface area contributed by atoms with Gasteiger partial charge >= 0.3 is 5.69 Å². The van der Waals surface area contributed by atoms with E-state index in [-0.39, 0.29) is 17.1 Å². The zero-order valence-electron chi connectivity index (χ0n) is 13.4. The van der Waals surface area contributed by atoms with Crippen LogP contribution in [0.15, 0.2) is 9.59 Å². The van der Waals surface area contributed by atoms with Gasteiger partial charge in [0.1, 0.15) is 11.5 Å². The second kappa shape index (κ2) is 8.54. The number of nitrogens with one attached hydrogen (secondary N) is 1. The van der Waals surface area contributed by atoms with Crippen LogP contribution in [0.1, 0.15) is 52.4 Å². The fourth-order valence-electron chi connectivity index (χ4n) is 2.25. The summed E-state index contributed by atoms with van der Waals surface area (Å²) in [5.74, 6) is 0.257. The number of aromatic nitrogens is 2. The number of unbranched alkanes of at least 4 members (excludes halogenated alkanes) is 4. The van der Waals surface area contributed by atoms with Gasteiger partial charge in [-0.15, -0.1) is 0 Å². The van der Waals surface area contributed by atoms with Crippen LogP contribution in [-0.4, -0.2) is 15.7 Å². The van der Waals surface area contributed by atoms with Gasteiger partial charge in [-0.05, 0) is 12.8 Å². The van der Waals surface area contributed by atoms with Gasteiger partial charge in [-0.3, -0.25) is 13.9 Å². The lowest BCUT2D eigenvalue weighted by atomic mass is 10.2. The number of nitrogens with two attached hydrogens (primary N) is 1. The molecule has 6 nitrogen and oxygen atoms in total. The number of anilines is 2. The summed E-state index contributed by atoms with van der Waals surface area (Å²) in [5.41, 5.74) is 5.68. The van der Waals surface area contributed by atoms with Crippen molar-refractivity contribution < 1.29 is 0 Å². The summed E-state index contributed by atoms with van der Waals surface area (Å²) in [4.78, 5) is 24.3. The van der Waals surface area contributed by atoms with Gasteiger partial charge < -0.3 is 11.1 Å². The summed E-state index contributed by atoms with van der Waals surface area (Å²) in [6.45, 7) is 5.45. The molecule has 1 aromatic heterocycles. The van der Waals surface area contributed by atoms with Gasteiger partial charge in [0.2, 0.25) is 0 Å². The van der Waals surface area contributed by atoms with Crippen LogP contribution in [0.25, 0.3) is 0 Å². The molecule has 0 saturated carbocycles. The average molecular weight is 296 g/mol. The highest BCUT2D eigenvalue weighted by Gasteiger charge is 2.14. The molecule has 1 rings (SSSR count). The van der Waals surface area contributed by atoms with Crippen molar-refractivity contribution in [2.75, 3.05) is 17.6 Å². The van der Waals surface area contributed by atoms with Crippen LogP contribution < -0.4 is 22.3 Å². The Kier molecular flexibility index (Phi) is 7.05. The Morgan fingerprint density at radius 2 is 1.71 bits per heavy atom. The number of nitrogen functional groups attached to an aromatic ring is 1. The van der Waals surface area contributed by atoms with Gasteiger partial charge in [0.05, 0.1) is 0 Å². The van der Waals surface area contributed by atoms with Gasteiger partial charge in [0.25, 0.3) is 5.56 Å². The molecule has 0 spiro atoms. The maximum Gasteiger partial charge on any atom is 0.332 e. The predicted octanol–water partition coefficient (Wildman–Crippen LogP) is 1.92. The normalized spacial score (nSPS) is 10.8. The molecule has 6 heteroatoms. The Bertz CT molecular complexity index is 560. The molecule has 0 aliphatic heterocycles. The molecule has 0 amide bonds. The largest absolute Gasteiger partial charge is 0.383 e. The summed E-state index contributed by atoms with van der Waals surface area (Å²) in [7, 11) is 1.49. The standard InChI is InChI=1S/C15H28N4O2/c1-4-6-8-9-10-17-12-13(16)19(11-7-5-2)15(21)18(3)14(12)20/h17H,4-11,16H2,1-3H3. The van der Waals surface area contributed by atoms with Crippen LogP contribution in [0.5, 0.6) is 0 Å². The number of hydrogen-bond donors (Lipinski definition) is 2. The first-order valence-electron chi connectivity index (χ1n) is 7.87. The fourth-order valence-corrected chi connectivity index (χ4v) is 2.25. The van der Waals surface area contributed by atoms with Crippen molar-refractivity contribution in [3.05, 3.63) is 20.8 Å². The molecule has 1 aromatic rings. The molecule has 0 fully saturated rings. The minimum Gasteiger partial charge on any atom is -0.383 e. The smallest absolute Gasteiger partial charge is 0.332 e. The summed E-state index contributed by atoms with van der Waals surface area (Å²) >= 11 is 0. The molecular weight excluding hydrogens is 268 g/mol. The van der Waals surface area contributed by atoms with Crippen molar-refractivity contribution in [1.29, 1.82) is 0 Å². The Hall–Kier alpha value is -1.72. The second-order valence-electron chi connectivity index (χ2n) is 5.40. The van der Waals surface area contributed by atoms with Gasteiger partial charge in [-0.1, -0.05) is 39.5 Å². The average Bonchev–Trinajstić information content (AvgIpc) is 2.48. The monoisotopic (exact) mass is 296 g/mol. The lowest BCUT2D eigenvalue weighted by Gasteiger charge is -2.15. The van der Waals surface area contributed by atoms with E-state index in [1.165, 1.54) is 24.5 Å². The summed E-state index contributed by atoms with van der Waals surface area (Å²) < 4.78 is 2.61. The van der Waals surface area contributed by atoms with Crippen molar-refractivity contribution in [2.24, 2.45) is 7.05 Å². The van der Waals surface area contributed by atoms with Crippen molar-refractivity contribution in [1.82, 2.24) is 9.13 Å². The quantitative estimate of drug-likeness (QED) is 0.682. The Morgan fingerprint density at radius 1 is 1.05 bits per heavy atom. The third kappa shape index (κ3) is 4.37. The summed E-state index contributed by atoms with van der Waals surface area (Å²) in [6, 6.07) is 0. The van der Waals surface area contributed by atoms with Crippen LogP contribution in [0, 0.1) is 0 Å². The van der Waals surface area contributed by atoms with Crippen molar-refractivity contribution in [3.8, 4) is 0 Å². The van der Waals surface area contributed by atoms with E-state index in [0.29, 0.717) is 18.8 Å². The Labute approximate surface area is 126 Å². The molecule has 21 heavy (non-hydrogen) atoms. The molecule has 120 valence electrons. The van der Waals surface area contributed by atoms with E-state index in [2.05, 4.69) is 19.2 Å². The van der Waals surface area contributed by atoms with Crippen molar-refractivity contribution >= 4 is 11.5 Å². The molecule has 0 aromatic carbocycles. The van der Waals surface area contributed by atoms with Crippen LogP contribution in [0.3, 0.4) is 0 Å². The zero-order valence-corrected chi connectivity index (χ0v) is 13.4. The van der Waals surface area contributed by atoms with Gasteiger partial charge in [0.15, 0.2) is 0 Å². The first-order chi connectivity index (χ1) is 10.0. The first kappa shape index (κ1) is 17.3. The van der Waals surface area contributed by atoms with Gasteiger partial charge in [-0.25, -0.2) is 4.79 Å². The SMILES string of the molecule is CCCCCCNc1c(N)n(CCCC)c(=O)n(C)c1=O. The van der Waals surface area contributed by atoms with Crippen LogP contribution in [0.2, 0.25) is 0 Å². The third-order valence-electron chi connectivity index (χ3n) is 3.65. The molecule has 0 radical (unpaired) electrons. The molecule has 0 saturated heterocycles. The lowest BCUT2D eigenvalue weighted by Crippen LogP contribution is -2.40. The Morgan fingerprint density at radius 3 is 2.33 bits per heavy atom. The highest BCUT2D eigenvalue weighted by Crippen LogP contribution is 2.12. The van der Waals surface area contributed by atoms with E-state index in [1.54, 1.807) is 0 Å². The number of rotatable bonds is 9. The predicted molar refractivity (Wildman–Crippen MR) is 87.9 cm³/mol.